The molecule has 0 saturated heterocycles. The molecule has 2 rings (SSSR count). The third-order valence-corrected chi connectivity index (χ3v) is 3.99. The molecule has 0 aliphatic carbocycles. The van der Waals surface area contributed by atoms with Crippen molar-refractivity contribution in [3.05, 3.63) is 46.7 Å². The number of nitrogens with one attached hydrogen (secondary N) is 1. The molecule has 0 aliphatic rings. The zero-order valence-electron chi connectivity index (χ0n) is 14.6. The van der Waals surface area contributed by atoms with E-state index in [4.69, 9.17) is 19.9 Å². The number of methoxy groups -OCH3 is 1. The van der Waals surface area contributed by atoms with Gasteiger partial charge in [-0.3, -0.25) is 9.59 Å². The number of ether oxygens (including phenoxy) is 3. The number of rotatable bonds is 8. The van der Waals surface area contributed by atoms with Crippen molar-refractivity contribution in [2.75, 3.05) is 19.0 Å². The summed E-state index contributed by atoms with van der Waals surface area (Å²) in [5, 5.41) is 2.67. The van der Waals surface area contributed by atoms with Crippen LogP contribution >= 0.6 is 15.9 Å². The zero-order chi connectivity index (χ0) is 20.0. The average molecular weight is 441 g/mol. The summed E-state index contributed by atoms with van der Waals surface area (Å²) in [6, 6.07) is 8.58. The lowest BCUT2D eigenvalue weighted by atomic mass is 10.2. The largest absolute Gasteiger partial charge is 0.493 e. The highest BCUT2D eigenvalue weighted by Crippen LogP contribution is 2.30. The fraction of sp³-hybridized carbons (Fsp3) is 0.222. The Hall–Kier alpha value is -2.81. The van der Waals surface area contributed by atoms with Crippen LogP contribution in [0.15, 0.2) is 40.9 Å². The minimum absolute atomic E-state index is 0.254. The van der Waals surface area contributed by atoms with Crippen LogP contribution in [0, 0.1) is 5.82 Å². The molecule has 2 aromatic carbocycles. The van der Waals surface area contributed by atoms with Gasteiger partial charge in [0.2, 0.25) is 0 Å². The Morgan fingerprint density at radius 2 is 1.89 bits per heavy atom. The molecular weight excluding hydrogens is 423 g/mol. The van der Waals surface area contributed by atoms with Gasteiger partial charge in [0, 0.05) is 11.8 Å². The summed E-state index contributed by atoms with van der Waals surface area (Å²) in [5.74, 6) is -0.527. The number of nitrogens with two attached hydrogens (primary N) is 1. The monoisotopic (exact) mass is 440 g/mol. The average Bonchev–Trinajstić information content (AvgIpc) is 2.62. The fourth-order valence-electron chi connectivity index (χ4n) is 2.07. The molecule has 0 heterocycles. The van der Waals surface area contributed by atoms with Gasteiger partial charge in [-0.1, -0.05) is 0 Å². The Morgan fingerprint density at radius 1 is 1.19 bits per heavy atom. The number of halogens is 2. The van der Waals surface area contributed by atoms with Gasteiger partial charge in [0.1, 0.15) is 11.6 Å². The lowest BCUT2D eigenvalue weighted by Crippen LogP contribution is -2.30. The molecular formula is C18H18BrFN2O5. The zero-order valence-corrected chi connectivity index (χ0v) is 16.2. The molecule has 9 heteroatoms. The van der Waals surface area contributed by atoms with Crippen LogP contribution in [0.3, 0.4) is 0 Å². The van der Waals surface area contributed by atoms with Crippen LogP contribution in [-0.4, -0.2) is 31.6 Å². The summed E-state index contributed by atoms with van der Waals surface area (Å²) in [6.07, 6.45) is -0.858. The van der Waals surface area contributed by atoms with E-state index < -0.39 is 23.7 Å². The minimum atomic E-state index is -0.858. The molecule has 0 bridgehead atoms. The van der Waals surface area contributed by atoms with Gasteiger partial charge in [-0.15, -0.1) is 0 Å². The van der Waals surface area contributed by atoms with E-state index in [9.17, 15) is 14.0 Å². The van der Waals surface area contributed by atoms with Crippen LogP contribution in [0.1, 0.15) is 6.92 Å². The fourth-order valence-corrected chi connectivity index (χ4v) is 2.52. The van der Waals surface area contributed by atoms with Crippen LogP contribution in [-0.2, 0) is 9.59 Å². The van der Waals surface area contributed by atoms with Crippen molar-refractivity contribution in [1.29, 1.82) is 0 Å². The van der Waals surface area contributed by atoms with Gasteiger partial charge < -0.3 is 25.3 Å². The molecule has 2 amide bonds. The van der Waals surface area contributed by atoms with Gasteiger partial charge in [0.15, 0.2) is 24.2 Å². The van der Waals surface area contributed by atoms with Crippen LogP contribution in [0.5, 0.6) is 17.2 Å². The van der Waals surface area contributed by atoms with Gasteiger partial charge in [-0.25, -0.2) is 4.39 Å². The van der Waals surface area contributed by atoms with Crippen LogP contribution in [0.4, 0.5) is 10.1 Å². The third-order valence-electron chi connectivity index (χ3n) is 3.37. The van der Waals surface area contributed by atoms with Crippen LogP contribution in [0.25, 0.3) is 0 Å². The molecule has 0 aromatic heterocycles. The maximum absolute atomic E-state index is 13.1. The van der Waals surface area contributed by atoms with Crippen molar-refractivity contribution in [1.82, 2.24) is 0 Å². The number of hydrogen-bond donors (Lipinski definition) is 2. The normalized spacial score (nSPS) is 11.4. The van der Waals surface area contributed by atoms with Crippen molar-refractivity contribution in [3.8, 4) is 17.2 Å². The summed E-state index contributed by atoms with van der Waals surface area (Å²) in [6.45, 7) is 1.23. The van der Waals surface area contributed by atoms with Gasteiger partial charge in [-0.2, -0.15) is 0 Å². The first-order valence-corrected chi connectivity index (χ1v) is 8.61. The van der Waals surface area contributed by atoms with E-state index in [-0.39, 0.29) is 12.4 Å². The van der Waals surface area contributed by atoms with E-state index in [1.807, 2.05) is 0 Å². The quantitative estimate of drug-likeness (QED) is 0.657. The number of primary amides is 1. The Kier molecular flexibility index (Phi) is 7.00. The highest BCUT2D eigenvalue weighted by Gasteiger charge is 2.17. The predicted octanol–water partition coefficient (Wildman–Crippen LogP) is 2.87. The number of carbonyl (C=O) groups excluding carboxylic acids is 2. The van der Waals surface area contributed by atoms with E-state index >= 15 is 0 Å². The number of hydrogen-bond acceptors (Lipinski definition) is 5. The maximum atomic E-state index is 13.1. The number of carbonyl (C=O) groups is 2. The van der Waals surface area contributed by atoms with E-state index in [0.717, 1.165) is 0 Å². The van der Waals surface area contributed by atoms with Crippen LogP contribution in [0.2, 0.25) is 0 Å². The second-order valence-corrected chi connectivity index (χ2v) is 6.30. The molecule has 0 spiro atoms. The molecule has 144 valence electrons. The lowest BCUT2D eigenvalue weighted by Gasteiger charge is -2.17. The Balaban J connectivity index is 2.07. The Morgan fingerprint density at radius 3 is 2.52 bits per heavy atom. The molecule has 0 aliphatic heterocycles. The van der Waals surface area contributed by atoms with Crippen molar-refractivity contribution in [3.63, 3.8) is 0 Å². The molecule has 0 saturated carbocycles. The highest BCUT2D eigenvalue weighted by molar-refractivity contribution is 9.10. The Bertz CT molecular complexity index is 846. The van der Waals surface area contributed by atoms with Gasteiger partial charge in [-0.05, 0) is 53.2 Å². The first-order chi connectivity index (χ1) is 12.8. The molecule has 1 unspecified atom stereocenters. The summed E-state index contributed by atoms with van der Waals surface area (Å²) >= 11 is 3.18. The van der Waals surface area contributed by atoms with E-state index in [0.29, 0.717) is 21.7 Å². The minimum Gasteiger partial charge on any atom is -0.493 e. The van der Waals surface area contributed by atoms with Gasteiger partial charge in [0.05, 0.1) is 11.6 Å². The Labute approximate surface area is 163 Å². The molecule has 1 atom stereocenters. The molecule has 7 nitrogen and oxygen atoms in total. The lowest BCUT2D eigenvalue weighted by molar-refractivity contribution is -0.122. The maximum Gasteiger partial charge on any atom is 0.265 e. The number of amides is 2. The molecule has 0 fully saturated rings. The molecule has 0 radical (unpaired) electrons. The summed E-state index contributed by atoms with van der Waals surface area (Å²) < 4.78 is 29.5. The second-order valence-electron chi connectivity index (χ2n) is 5.44. The first kappa shape index (κ1) is 20.5. The van der Waals surface area contributed by atoms with E-state index in [1.54, 1.807) is 19.1 Å². The van der Waals surface area contributed by atoms with Crippen molar-refractivity contribution in [2.45, 2.75) is 13.0 Å². The van der Waals surface area contributed by atoms with Crippen molar-refractivity contribution in [2.24, 2.45) is 5.73 Å². The summed E-state index contributed by atoms with van der Waals surface area (Å²) in [7, 11) is 1.45. The number of benzene rings is 2. The van der Waals surface area contributed by atoms with Crippen molar-refractivity contribution < 1.29 is 28.2 Å². The first-order valence-electron chi connectivity index (χ1n) is 7.82. The number of anilines is 1. The van der Waals surface area contributed by atoms with Crippen molar-refractivity contribution >= 4 is 33.4 Å². The SMILES string of the molecule is COc1ccc(NC(=O)C(C)Oc2ccc(F)cc2Br)cc1OCC(N)=O. The molecule has 27 heavy (non-hydrogen) atoms. The topological polar surface area (TPSA) is 99.9 Å². The van der Waals surface area contributed by atoms with Gasteiger partial charge in [0.25, 0.3) is 11.8 Å². The highest BCUT2D eigenvalue weighted by atomic mass is 79.9. The predicted molar refractivity (Wildman–Crippen MR) is 101 cm³/mol. The summed E-state index contributed by atoms with van der Waals surface area (Å²) in [4.78, 5) is 23.2. The third kappa shape index (κ3) is 5.85. The van der Waals surface area contributed by atoms with Gasteiger partial charge >= 0.3 is 0 Å². The summed E-state index contributed by atoms with van der Waals surface area (Å²) in [5.41, 5.74) is 5.48. The molecule has 3 N–H and O–H groups in total. The standard InChI is InChI=1S/C18H18BrFN2O5/c1-10(27-14-5-3-11(20)7-13(14)19)18(24)22-12-4-6-15(25-2)16(8-12)26-9-17(21)23/h3-8,10H,9H2,1-2H3,(H2,21,23)(H,22,24). The van der Waals surface area contributed by atoms with Crippen LogP contribution < -0.4 is 25.3 Å². The smallest absolute Gasteiger partial charge is 0.265 e. The second kappa shape index (κ2) is 9.22. The van der Waals surface area contributed by atoms with E-state index in [1.165, 1.54) is 31.4 Å². The van der Waals surface area contributed by atoms with E-state index in [2.05, 4.69) is 21.2 Å². The molecule has 2 aromatic rings.